The van der Waals surface area contributed by atoms with Gasteiger partial charge in [-0.25, -0.2) is 0 Å². The highest BCUT2D eigenvalue weighted by atomic mass is 16.2. The fraction of sp³-hybridized carbons (Fsp3) is 0.833. The Hall–Kier alpha value is -1.08. The van der Waals surface area contributed by atoms with Gasteiger partial charge in [0.2, 0.25) is 5.91 Å². The zero-order valence-electron chi connectivity index (χ0n) is 10.7. The van der Waals surface area contributed by atoms with E-state index in [0.717, 1.165) is 25.9 Å². The Morgan fingerprint density at radius 1 is 1.44 bits per heavy atom. The molecule has 1 amide bonds. The normalized spacial score (nSPS) is 20.5. The first-order valence-electron chi connectivity index (χ1n) is 5.80. The Balaban J connectivity index is 2.82. The molecule has 1 fully saturated rings. The molecule has 1 aliphatic heterocycles. The number of hydrogen-bond acceptors (Lipinski definition) is 3. The number of carbonyl (C=O) groups is 1. The van der Waals surface area contributed by atoms with Crippen LogP contribution in [0, 0.1) is 17.2 Å². The van der Waals surface area contributed by atoms with Gasteiger partial charge in [-0.15, -0.1) is 0 Å². The van der Waals surface area contributed by atoms with Crippen LogP contribution in [-0.2, 0) is 4.79 Å². The van der Waals surface area contributed by atoms with Crippen LogP contribution in [0.1, 0.15) is 26.7 Å². The number of amides is 1. The maximum Gasteiger partial charge on any atom is 0.226 e. The lowest BCUT2D eigenvalue weighted by Gasteiger charge is -2.42. The Labute approximate surface area is 97.8 Å². The molecule has 1 aliphatic rings. The first kappa shape index (κ1) is 13.0. The molecule has 0 unspecified atom stereocenters. The zero-order chi connectivity index (χ0) is 12.3. The van der Waals surface area contributed by atoms with Gasteiger partial charge in [0.25, 0.3) is 0 Å². The lowest BCUT2D eigenvalue weighted by molar-refractivity contribution is -0.138. The molecule has 0 aromatic carbocycles. The molecule has 1 rings (SSSR count). The SMILES string of the molecule is CC(C)C(=O)N(C)C1(C#N)CCN(C)CC1. The number of piperidine rings is 1. The molecule has 16 heavy (non-hydrogen) atoms. The minimum atomic E-state index is -0.589. The summed E-state index contributed by atoms with van der Waals surface area (Å²) in [5, 5.41) is 9.37. The van der Waals surface area contributed by atoms with Crippen molar-refractivity contribution in [3.8, 4) is 6.07 Å². The van der Waals surface area contributed by atoms with Crippen LogP contribution < -0.4 is 0 Å². The summed E-state index contributed by atoms with van der Waals surface area (Å²) in [6.07, 6.45) is 1.49. The lowest BCUT2D eigenvalue weighted by Crippen LogP contribution is -2.55. The average molecular weight is 223 g/mol. The molecular formula is C12H21N3O. The summed E-state index contributed by atoms with van der Waals surface area (Å²) < 4.78 is 0. The number of rotatable bonds is 2. The molecule has 0 N–H and O–H groups in total. The van der Waals surface area contributed by atoms with Gasteiger partial charge in [0.15, 0.2) is 0 Å². The van der Waals surface area contributed by atoms with E-state index >= 15 is 0 Å². The summed E-state index contributed by atoms with van der Waals surface area (Å²) in [6.45, 7) is 5.50. The average Bonchev–Trinajstić information content (AvgIpc) is 2.28. The number of nitriles is 1. The van der Waals surface area contributed by atoms with Crippen molar-refractivity contribution in [1.29, 1.82) is 5.26 Å². The van der Waals surface area contributed by atoms with Crippen LogP contribution in [0.3, 0.4) is 0 Å². The fourth-order valence-corrected chi connectivity index (χ4v) is 2.11. The van der Waals surface area contributed by atoms with Crippen LogP contribution in [0.4, 0.5) is 0 Å². The van der Waals surface area contributed by atoms with Crippen molar-refractivity contribution in [2.75, 3.05) is 27.2 Å². The van der Waals surface area contributed by atoms with Gasteiger partial charge in [-0.2, -0.15) is 5.26 Å². The van der Waals surface area contributed by atoms with Gasteiger partial charge in [-0.1, -0.05) is 13.8 Å². The van der Waals surface area contributed by atoms with Crippen molar-refractivity contribution in [2.45, 2.75) is 32.2 Å². The highest BCUT2D eigenvalue weighted by molar-refractivity contribution is 5.79. The monoisotopic (exact) mass is 223 g/mol. The minimum Gasteiger partial charge on any atom is -0.327 e. The predicted molar refractivity (Wildman–Crippen MR) is 62.7 cm³/mol. The van der Waals surface area contributed by atoms with E-state index in [2.05, 4.69) is 11.0 Å². The third-order valence-corrected chi connectivity index (χ3v) is 3.49. The Morgan fingerprint density at radius 2 is 1.94 bits per heavy atom. The van der Waals surface area contributed by atoms with E-state index < -0.39 is 5.54 Å². The van der Waals surface area contributed by atoms with Gasteiger partial charge < -0.3 is 9.80 Å². The summed E-state index contributed by atoms with van der Waals surface area (Å²) >= 11 is 0. The molecule has 0 saturated carbocycles. The smallest absolute Gasteiger partial charge is 0.226 e. The second kappa shape index (κ2) is 4.84. The van der Waals surface area contributed by atoms with E-state index in [1.165, 1.54) is 0 Å². The Kier molecular flexibility index (Phi) is 3.93. The molecule has 0 aliphatic carbocycles. The van der Waals surface area contributed by atoms with E-state index in [1.54, 1.807) is 11.9 Å². The Bertz CT molecular complexity index is 298. The number of hydrogen-bond donors (Lipinski definition) is 0. The lowest BCUT2D eigenvalue weighted by atomic mass is 9.87. The molecule has 0 aromatic rings. The minimum absolute atomic E-state index is 0.0464. The topological polar surface area (TPSA) is 47.3 Å². The van der Waals surface area contributed by atoms with Gasteiger partial charge in [-0.3, -0.25) is 4.79 Å². The third kappa shape index (κ3) is 2.35. The van der Waals surface area contributed by atoms with Crippen molar-refractivity contribution in [2.24, 2.45) is 5.92 Å². The number of likely N-dealkylation sites (tertiary alicyclic amines) is 1. The summed E-state index contributed by atoms with van der Waals surface area (Å²) in [5.41, 5.74) is -0.589. The van der Waals surface area contributed by atoms with Gasteiger partial charge in [-0.05, 0) is 19.9 Å². The summed E-state index contributed by atoms with van der Waals surface area (Å²) in [6, 6.07) is 2.35. The Morgan fingerprint density at radius 3 is 2.31 bits per heavy atom. The van der Waals surface area contributed by atoms with Gasteiger partial charge in [0.05, 0.1) is 6.07 Å². The van der Waals surface area contributed by atoms with Crippen LogP contribution in [0.25, 0.3) is 0 Å². The first-order chi connectivity index (χ1) is 7.43. The van der Waals surface area contributed by atoms with Crippen LogP contribution in [0.15, 0.2) is 0 Å². The van der Waals surface area contributed by atoms with Crippen LogP contribution in [0.2, 0.25) is 0 Å². The molecule has 1 heterocycles. The molecule has 1 saturated heterocycles. The molecular weight excluding hydrogens is 202 g/mol. The summed E-state index contributed by atoms with van der Waals surface area (Å²) in [4.78, 5) is 15.8. The zero-order valence-corrected chi connectivity index (χ0v) is 10.7. The molecule has 90 valence electrons. The maximum absolute atomic E-state index is 11.9. The molecule has 4 nitrogen and oxygen atoms in total. The second-order valence-electron chi connectivity index (χ2n) is 5.00. The maximum atomic E-state index is 11.9. The standard InChI is InChI=1S/C12H21N3O/c1-10(2)11(16)15(4)12(9-13)5-7-14(3)8-6-12/h10H,5-8H2,1-4H3. The van der Waals surface area contributed by atoms with Crippen molar-refractivity contribution in [3.63, 3.8) is 0 Å². The van der Waals surface area contributed by atoms with Crippen molar-refractivity contribution in [3.05, 3.63) is 0 Å². The quantitative estimate of drug-likeness (QED) is 0.704. The summed E-state index contributed by atoms with van der Waals surface area (Å²) in [7, 11) is 3.81. The van der Waals surface area contributed by atoms with Crippen LogP contribution in [-0.4, -0.2) is 48.4 Å². The molecule has 0 spiro atoms. The van der Waals surface area contributed by atoms with E-state index in [0.29, 0.717) is 0 Å². The molecule has 0 radical (unpaired) electrons. The second-order valence-corrected chi connectivity index (χ2v) is 5.00. The molecule has 0 aromatic heterocycles. The van der Waals surface area contributed by atoms with E-state index in [9.17, 15) is 10.1 Å². The first-order valence-corrected chi connectivity index (χ1v) is 5.80. The highest BCUT2D eigenvalue weighted by Crippen LogP contribution is 2.27. The molecule has 0 atom stereocenters. The van der Waals surface area contributed by atoms with E-state index in [1.807, 2.05) is 20.9 Å². The van der Waals surface area contributed by atoms with Gasteiger partial charge in [0, 0.05) is 26.1 Å². The number of nitrogens with zero attached hydrogens (tertiary/aromatic N) is 3. The van der Waals surface area contributed by atoms with Crippen molar-refractivity contribution < 1.29 is 4.79 Å². The third-order valence-electron chi connectivity index (χ3n) is 3.49. The molecule has 4 heteroatoms. The molecule has 0 bridgehead atoms. The van der Waals surface area contributed by atoms with Crippen LogP contribution >= 0.6 is 0 Å². The number of carbonyl (C=O) groups excluding carboxylic acids is 1. The highest BCUT2D eigenvalue weighted by Gasteiger charge is 2.40. The van der Waals surface area contributed by atoms with Crippen molar-refractivity contribution in [1.82, 2.24) is 9.80 Å². The van der Waals surface area contributed by atoms with Crippen LogP contribution in [0.5, 0.6) is 0 Å². The van der Waals surface area contributed by atoms with Gasteiger partial charge in [0.1, 0.15) is 5.54 Å². The van der Waals surface area contributed by atoms with E-state index in [4.69, 9.17) is 0 Å². The van der Waals surface area contributed by atoms with E-state index in [-0.39, 0.29) is 11.8 Å². The largest absolute Gasteiger partial charge is 0.327 e. The fourth-order valence-electron chi connectivity index (χ4n) is 2.11. The predicted octanol–water partition coefficient (Wildman–Crippen LogP) is 1.09. The summed E-state index contributed by atoms with van der Waals surface area (Å²) in [5.74, 6) is 0.0148. The van der Waals surface area contributed by atoms with Crippen molar-refractivity contribution >= 4 is 5.91 Å². The van der Waals surface area contributed by atoms with Gasteiger partial charge >= 0.3 is 0 Å².